The third-order valence-electron chi connectivity index (χ3n) is 5.30. The molecule has 5 heteroatoms. The Balaban J connectivity index is 1.38. The van der Waals surface area contributed by atoms with Gasteiger partial charge in [-0.3, -0.25) is 0 Å². The number of rotatable bonds is 5. The van der Waals surface area contributed by atoms with Crippen molar-refractivity contribution in [3.05, 3.63) is 89.5 Å². The van der Waals surface area contributed by atoms with Crippen molar-refractivity contribution in [1.29, 1.82) is 0 Å². The van der Waals surface area contributed by atoms with Crippen LogP contribution in [-0.2, 0) is 13.1 Å². The molecule has 0 saturated carbocycles. The van der Waals surface area contributed by atoms with Crippen LogP contribution >= 0.6 is 0 Å². The molecule has 1 unspecified atom stereocenters. The van der Waals surface area contributed by atoms with Gasteiger partial charge in [-0.05, 0) is 36.5 Å². The molecule has 2 amide bonds. The Labute approximate surface area is 166 Å². The Bertz CT molecular complexity index is 935. The van der Waals surface area contributed by atoms with Crippen LogP contribution in [0, 0.1) is 6.92 Å². The summed E-state index contributed by atoms with van der Waals surface area (Å²) in [6, 6.07) is 17.0. The molecule has 1 N–H and O–H groups in total. The van der Waals surface area contributed by atoms with Gasteiger partial charge in [0.2, 0.25) is 0 Å². The molecule has 2 aromatic carbocycles. The first-order valence-electron chi connectivity index (χ1n) is 9.83. The van der Waals surface area contributed by atoms with E-state index in [1.54, 1.807) is 6.20 Å². The standard InChI is InChI=1S/C23H26N4O/c1-18-5-2-8-21(13-18)22-9-4-11-27(22)23(28)25-15-19-6-3-7-20(14-19)16-26-12-10-24-17-26/h2-3,5-8,10,12-14,17,22H,4,9,11,15-16H2,1H3,(H,25,28). The quantitative estimate of drug-likeness (QED) is 0.724. The molecule has 144 valence electrons. The maximum absolute atomic E-state index is 12.8. The molecule has 3 aromatic rings. The molecule has 1 aliphatic rings. The van der Waals surface area contributed by atoms with Crippen molar-refractivity contribution in [2.75, 3.05) is 6.54 Å². The number of urea groups is 1. The van der Waals surface area contributed by atoms with Crippen molar-refractivity contribution < 1.29 is 4.79 Å². The van der Waals surface area contributed by atoms with Gasteiger partial charge in [-0.1, -0.05) is 54.1 Å². The van der Waals surface area contributed by atoms with Crippen molar-refractivity contribution in [1.82, 2.24) is 19.8 Å². The molecule has 0 bridgehead atoms. The Morgan fingerprint density at radius 2 is 2.04 bits per heavy atom. The summed E-state index contributed by atoms with van der Waals surface area (Å²) in [5, 5.41) is 3.11. The average molecular weight is 374 g/mol. The SMILES string of the molecule is Cc1cccc(C2CCCN2C(=O)NCc2cccc(Cn3ccnc3)c2)c1. The van der Waals surface area contributed by atoms with E-state index in [-0.39, 0.29) is 12.1 Å². The molecular formula is C23H26N4O. The number of amides is 2. The van der Waals surface area contributed by atoms with E-state index in [9.17, 15) is 4.79 Å². The minimum absolute atomic E-state index is 0.0176. The molecule has 1 aromatic heterocycles. The first-order valence-corrected chi connectivity index (χ1v) is 9.83. The third-order valence-corrected chi connectivity index (χ3v) is 5.30. The average Bonchev–Trinajstić information content (AvgIpc) is 3.38. The first kappa shape index (κ1) is 18.3. The molecular weight excluding hydrogens is 348 g/mol. The lowest BCUT2D eigenvalue weighted by Gasteiger charge is -2.25. The van der Waals surface area contributed by atoms with Crippen LogP contribution < -0.4 is 5.32 Å². The lowest BCUT2D eigenvalue weighted by molar-refractivity contribution is 0.192. The van der Waals surface area contributed by atoms with Crippen LogP contribution in [0.4, 0.5) is 4.79 Å². The number of aryl methyl sites for hydroxylation is 1. The number of hydrogen-bond donors (Lipinski definition) is 1. The summed E-state index contributed by atoms with van der Waals surface area (Å²) < 4.78 is 2.04. The predicted molar refractivity (Wildman–Crippen MR) is 110 cm³/mol. The van der Waals surface area contributed by atoms with Crippen LogP contribution in [0.15, 0.2) is 67.3 Å². The molecule has 1 saturated heterocycles. The summed E-state index contributed by atoms with van der Waals surface area (Å²) in [5.74, 6) is 0. The van der Waals surface area contributed by atoms with Gasteiger partial charge < -0.3 is 14.8 Å². The predicted octanol–water partition coefficient (Wildman–Crippen LogP) is 4.29. The van der Waals surface area contributed by atoms with Crippen molar-refractivity contribution in [3.63, 3.8) is 0 Å². The molecule has 0 aliphatic carbocycles. The van der Waals surface area contributed by atoms with Gasteiger partial charge in [-0.25, -0.2) is 9.78 Å². The van der Waals surface area contributed by atoms with Crippen LogP contribution in [0.3, 0.4) is 0 Å². The molecule has 0 spiro atoms. The van der Waals surface area contributed by atoms with Crippen molar-refractivity contribution in [3.8, 4) is 0 Å². The smallest absolute Gasteiger partial charge is 0.318 e. The summed E-state index contributed by atoms with van der Waals surface area (Å²) in [6.07, 6.45) is 7.62. The summed E-state index contributed by atoms with van der Waals surface area (Å²) in [6.45, 7) is 4.22. The van der Waals surface area contributed by atoms with E-state index in [1.807, 2.05) is 28.1 Å². The van der Waals surface area contributed by atoms with E-state index in [4.69, 9.17) is 0 Å². The lowest BCUT2D eigenvalue weighted by Crippen LogP contribution is -2.39. The van der Waals surface area contributed by atoms with Crippen LogP contribution in [-0.4, -0.2) is 27.0 Å². The second-order valence-corrected chi connectivity index (χ2v) is 7.48. The van der Waals surface area contributed by atoms with E-state index in [0.717, 1.165) is 31.5 Å². The number of carbonyl (C=O) groups excluding carboxylic acids is 1. The summed E-state index contributed by atoms with van der Waals surface area (Å²) in [5.41, 5.74) is 4.77. The van der Waals surface area contributed by atoms with Gasteiger partial charge in [0.25, 0.3) is 0 Å². The van der Waals surface area contributed by atoms with Gasteiger partial charge in [0.1, 0.15) is 0 Å². The van der Waals surface area contributed by atoms with Crippen LogP contribution in [0.5, 0.6) is 0 Å². The highest BCUT2D eigenvalue weighted by Crippen LogP contribution is 2.32. The van der Waals surface area contributed by atoms with E-state index >= 15 is 0 Å². The third kappa shape index (κ3) is 4.25. The van der Waals surface area contributed by atoms with Crippen LogP contribution in [0.2, 0.25) is 0 Å². The Kier molecular flexibility index (Phi) is 5.42. The number of nitrogens with zero attached hydrogens (tertiary/aromatic N) is 3. The first-order chi connectivity index (χ1) is 13.7. The number of hydrogen-bond acceptors (Lipinski definition) is 2. The Hall–Kier alpha value is -3.08. The molecule has 5 nitrogen and oxygen atoms in total. The van der Waals surface area contributed by atoms with Gasteiger partial charge in [0.05, 0.1) is 12.4 Å². The minimum atomic E-state index is 0.0176. The summed E-state index contributed by atoms with van der Waals surface area (Å²) in [7, 11) is 0. The van der Waals surface area contributed by atoms with Gasteiger partial charge in [0.15, 0.2) is 0 Å². The molecule has 1 fully saturated rings. The van der Waals surface area contributed by atoms with Crippen LogP contribution in [0.1, 0.15) is 41.1 Å². The van der Waals surface area contributed by atoms with E-state index in [0.29, 0.717) is 6.54 Å². The van der Waals surface area contributed by atoms with Crippen molar-refractivity contribution in [2.45, 2.75) is 38.9 Å². The largest absolute Gasteiger partial charge is 0.334 e. The zero-order valence-corrected chi connectivity index (χ0v) is 16.2. The number of nitrogens with one attached hydrogen (secondary N) is 1. The number of benzene rings is 2. The zero-order chi connectivity index (χ0) is 19.3. The minimum Gasteiger partial charge on any atom is -0.334 e. The van der Waals surface area contributed by atoms with E-state index in [2.05, 4.69) is 59.7 Å². The molecule has 0 radical (unpaired) electrons. The van der Waals surface area contributed by atoms with E-state index < -0.39 is 0 Å². The normalized spacial score (nSPS) is 16.3. The Morgan fingerprint density at radius 1 is 1.18 bits per heavy atom. The van der Waals surface area contributed by atoms with Crippen molar-refractivity contribution >= 4 is 6.03 Å². The molecule has 4 rings (SSSR count). The number of carbonyl (C=O) groups is 1. The molecule has 1 atom stereocenters. The van der Waals surface area contributed by atoms with Gasteiger partial charge >= 0.3 is 6.03 Å². The fourth-order valence-electron chi connectivity index (χ4n) is 3.94. The second kappa shape index (κ2) is 8.30. The van der Waals surface area contributed by atoms with E-state index in [1.165, 1.54) is 16.7 Å². The lowest BCUT2D eigenvalue weighted by atomic mass is 10.0. The fourth-order valence-corrected chi connectivity index (χ4v) is 3.94. The number of aromatic nitrogens is 2. The summed E-state index contributed by atoms with van der Waals surface area (Å²) in [4.78, 5) is 18.9. The zero-order valence-electron chi connectivity index (χ0n) is 16.2. The van der Waals surface area contributed by atoms with Crippen LogP contribution in [0.25, 0.3) is 0 Å². The maximum atomic E-state index is 12.8. The monoisotopic (exact) mass is 374 g/mol. The topological polar surface area (TPSA) is 50.2 Å². The van der Waals surface area contributed by atoms with Crippen molar-refractivity contribution in [2.24, 2.45) is 0 Å². The van der Waals surface area contributed by atoms with Gasteiger partial charge in [-0.2, -0.15) is 0 Å². The van der Waals surface area contributed by atoms with Gasteiger partial charge in [0, 0.05) is 32.0 Å². The number of imidazole rings is 1. The molecule has 1 aliphatic heterocycles. The fraction of sp³-hybridized carbons (Fsp3) is 0.304. The maximum Gasteiger partial charge on any atom is 0.318 e. The molecule has 28 heavy (non-hydrogen) atoms. The molecule has 2 heterocycles. The summed E-state index contributed by atoms with van der Waals surface area (Å²) >= 11 is 0. The Morgan fingerprint density at radius 3 is 2.86 bits per heavy atom. The van der Waals surface area contributed by atoms with Gasteiger partial charge in [-0.15, -0.1) is 0 Å². The number of likely N-dealkylation sites (tertiary alicyclic amines) is 1. The highest BCUT2D eigenvalue weighted by molar-refractivity contribution is 5.75. The highest BCUT2D eigenvalue weighted by atomic mass is 16.2. The second-order valence-electron chi connectivity index (χ2n) is 7.48. The highest BCUT2D eigenvalue weighted by Gasteiger charge is 2.29.